The van der Waals surface area contributed by atoms with Gasteiger partial charge in [0.15, 0.2) is 0 Å². The molecular weight excluding hydrogens is 398 g/mol. The molecule has 9 nitrogen and oxygen atoms in total. The number of rotatable bonds is 5. The lowest BCUT2D eigenvalue weighted by atomic mass is 9.83. The maximum Gasteiger partial charge on any atom is 0.251 e. The topological polar surface area (TPSA) is 130 Å². The van der Waals surface area contributed by atoms with Crippen LogP contribution in [0.1, 0.15) is 46.6 Å². The lowest BCUT2D eigenvalue weighted by Crippen LogP contribution is -2.49. The van der Waals surface area contributed by atoms with E-state index in [0.29, 0.717) is 48.2 Å². The lowest BCUT2D eigenvalue weighted by molar-refractivity contribution is -0.127. The van der Waals surface area contributed by atoms with Crippen LogP contribution < -0.4 is 10.6 Å². The van der Waals surface area contributed by atoms with Crippen molar-refractivity contribution in [3.8, 4) is 0 Å². The molecule has 3 N–H and O–H groups in total. The van der Waals surface area contributed by atoms with Crippen LogP contribution in [0, 0.1) is 19.8 Å². The van der Waals surface area contributed by atoms with E-state index in [0.717, 1.165) is 11.3 Å². The summed E-state index contributed by atoms with van der Waals surface area (Å²) in [4.78, 5) is 33.9. The third-order valence-electron chi connectivity index (χ3n) is 5.85. The summed E-state index contributed by atoms with van der Waals surface area (Å²) < 4.78 is 5.13. The van der Waals surface area contributed by atoms with Crippen LogP contribution in [0.2, 0.25) is 0 Å². The van der Waals surface area contributed by atoms with E-state index < -0.39 is 12.1 Å². The Kier molecular flexibility index (Phi) is 5.94. The first kappa shape index (κ1) is 20.9. The van der Waals surface area contributed by atoms with Crippen LogP contribution in [-0.4, -0.2) is 44.2 Å². The van der Waals surface area contributed by atoms with Crippen LogP contribution in [0.3, 0.4) is 0 Å². The Bertz CT molecular complexity index is 1090. The van der Waals surface area contributed by atoms with E-state index in [1.807, 2.05) is 13.8 Å². The molecule has 0 unspecified atom stereocenters. The minimum atomic E-state index is -0.698. The van der Waals surface area contributed by atoms with Gasteiger partial charge in [0.2, 0.25) is 5.91 Å². The van der Waals surface area contributed by atoms with Gasteiger partial charge in [-0.15, -0.1) is 0 Å². The first-order chi connectivity index (χ1) is 14.9. The number of hydrogen-bond acceptors (Lipinski definition) is 7. The number of amides is 2. The van der Waals surface area contributed by atoms with E-state index >= 15 is 0 Å². The molecule has 3 atom stereocenters. The van der Waals surface area contributed by atoms with Crippen molar-refractivity contribution in [2.45, 2.75) is 51.8 Å². The summed E-state index contributed by atoms with van der Waals surface area (Å²) in [6, 6.07) is 4.57. The monoisotopic (exact) mass is 423 g/mol. The van der Waals surface area contributed by atoms with E-state index in [1.54, 1.807) is 30.6 Å². The Labute approximate surface area is 179 Å². The number of aliphatic hydroxyl groups is 1. The smallest absolute Gasteiger partial charge is 0.251 e. The van der Waals surface area contributed by atoms with Crippen molar-refractivity contribution in [1.29, 1.82) is 0 Å². The molecule has 0 aliphatic heterocycles. The van der Waals surface area contributed by atoms with Crippen LogP contribution in [0.15, 0.2) is 35.1 Å². The third-order valence-corrected chi connectivity index (χ3v) is 5.85. The van der Waals surface area contributed by atoms with Gasteiger partial charge in [0, 0.05) is 36.0 Å². The SMILES string of the molecule is Cc1noc(C)c1CNC(=O)[C@H]1CC[C@@H](O)[C@H](NC(=O)c2ccc3nccnc3c2)C1. The van der Waals surface area contributed by atoms with Gasteiger partial charge in [-0.25, -0.2) is 0 Å². The Morgan fingerprint density at radius 3 is 2.68 bits per heavy atom. The Hall–Kier alpha value is -3.33. The summed E-state index contributed by atoms with van der Waals surface area (Å²) in [5, 5.41) is 20.1. The van der Waals surface area contributed by atoms with Crippen molar-refractivity contribution in [3.05, 3.63) is 53.2 Å². The quantitative estimate of drug-likeness (QED) is 0.570. The van der Waals surface area contributed by atoms with Gasteiger partial charge in [-0.1, -0.05) is 5.16 Å². The molecule has 9 heteroatoms. The molecule has 1 aromatic carbocycles. The normalized spacial score (nSPS) is 21.1. The van der Waals surface area contributed by atoms with E-state index in [-0.39, 0.29) is 17.7 Å². The van der Waals surface area contributed by atoms with Gasteiger partial charge in [-0.3, -0.25) is 19.6 Å². The summed E-state index contributed by atoms with van der Waals surface area (Å²) in [5.41, 5.74) is 3.38. The summed E-state index contributed by atoms with van der Waals surface area (Å²) in [6.07, 6.45) is 3.84. The number of nitrogens with zero attached hydrogens (tertiary/aromatic N) is 3. The first-order valence-electron chi connectivity index (χ1n) is 10.3. The zero-order valence-electron chi connectivity index (χ0n) is 17.5. The molecule has 2 aromatic heterocycles. The Morgan fingerprint density at radius 1 is 1.16 bits per heavy atom. The highest BCUT2D eigenvalue weighted by Crippen LogP contribution is 2.26. The van der Waals surface area contributed by atoms with Crippen LogP contribution in [0.4, 0.5) is 0 Å². The van der Waals surface area contributed by atoms with Crippen LogP contribution in [0.25, 0.3) is 11.0 Å². The number of benzene rings is 1. The van der Waals surface area contributed by atoms with Crippen LogP contribution in [-0.2, 0) is 11.3 Å². The minimum absolute atomic E-state index is 0.105. The van der Waals surface area contributed by atoms with Gasteiger partial charge in [-0.05, 0) is 51.3 Å². The second kappa shape index (κ2) is 8.81. The zero-order valence-corrected chi connectivity index (χ0v) is 17.5. The molecule has 2 amide bonds. The number of aliphatic hydroxyl groups excluding tert-OH is 1. The summed E-state index contributed by atoms with van der Waals surface area (Å²) in [5.74, 6) is -0.0285. The van der Waals surface area contributed by atoms with Crippen molar-refractivity contribution in [2.24, 2.45) is 5.92 Å². The standard InChI is InChI=1S/C22H25N5O4/c1-12-16(13(2)31-27-12)11-25-21(29)14-4-6-20(28)19(10-14)26-22(30)15-3-5-17-18(9-15)24-8-7-23-17/h3,5,7-9,14,19-20,28H,4,6,10-11H2,1-2H3,(H,25,29)(H,26,30)/t14-,19+,20+/m0/s1. The van der Waals surface area contributed by atoms with Gasteiger partial charge in [0.05, 0.1) is 28.9 Å². The number of hydrogen-bond donors (Lipinski definition) is 3. The van der Waals surface area contributed by atoms with Gasteiger partial charge >= 0.3 is 0 Å². The number of carbonyl (C=O) groups excluding carboxylic acids is 2. The van der Waals surface area contributed by atoms with E-state index in [2.05, 4.69) is 25.8 Å². The molecule has 0 radical (unpaired) electrons. The molecule has 1 fully saturated rings. The number of fused-ring (bicyclic) bond motifs is 1. The van der Waals surface area contributed by atoms with E-state index in [4.69, 9.17) is 4.52 Å². The summed E-state index contributed by atoms with van der Waals surface area (Å²) in [6.45, 7) is 3.98. The molecule has 2 heterocycles. The van der Waals surface area contributed by atoms with Gasteiger partial charge in [0.25, 0.3) is 5.91 Å². The van der Waals surface area contributed by atoms with Crippen molar-refractivity contribution >= 4 is 22.8 Å². The fraction of sp³-hybridized carbons (Fsp3) is 0.409. The Balaban J connectivity index is 1.38. The fourth-order valence-electron chi connectivity index (χ4n) is 3.98. The molecule has 1 aliphatic rings. The van der Waals surface area contributed by atoms with E-state index in [1.165, 1.54) is 0 Å². The second-order valence-electron chi connectivity index (χ2n) is 7.94. The summed E-state index contributed by atoms with van der Waals surface area (Å²) >= 11 is 0. The molecule has 1 saturated carbocycles. The van der Waals surface area contributed by atoms with Gasteiger partial charge in [0.1, 0.15) is 5.76 Å². The predicted molar refractivity (Wildman–Crippen MR) is 112 cm³/mol. The van der Waals surface area contributed by atoms with Crippen molar-refractivity contribution in [1.82, 2.24) is 25.8 Å². The molecule has 3 aromatic rings. The second-order valence-corrected chi connectivity index (χ2v) is 7.94. The number of aromatic nitrogens is 3. The lowest BCUT2D eigenvalue weighted by Gasteiger charge is -2.33. The van der Waals surface area contributed by atoms with E-state index in [9.17, 15) is 14.7 Å². The molecular formula is C22H25N5O4. The highest BCUT2D eigenvalue weighted by molar-refractivity contribution is 5.97. The van der Waals surface area contributed by atoms with Crippen molar-refractivity contribution in [2.75, 3.05) is 0 Å². The molecule has 1 aliphatic carbocycles. The zero-order chi connectivity index (χ0) is 22.0. The average Bonchev–Trinajstić information content (AvgIpc) is 3.10. The van der Waals surface area contributed by atoms with Crippen molar-refractivity contribution in [3.63, 3.8) is 0 Å². The van der Waals surface area contributed by atoms with Gasteiger partial charge in [-0.2, -0.15) is 0 Å². The maximum atomic E-state index is 12.7. The largest absolute Gasteiger partial charge is 0.391 e. The minimum Gasteiger partial charge on any atom is -0.391 e. The fourth-order valence-corrected chi connectivity index (χ4v) is 3.98. The van der Waals surface area contributed by atoms with Crippen LogP contribution in [0.5, 0.6) is 0 Å². The number of aryl methyl sites for hydroxylation is 2. The van der Waals surface area contributed by atoms with Gasteiger partial charge < -0.3 is 20.3 Å². The number of nitrogens with one attached hydrogen (secondary N) is 2. The molecule has 31 heavy (non-hydrogen) atoms. The highest BCUT2D eigenvalue weighted by Gasteiger charge is 2.34. The highest BCUT2D eigenvalue weighted by atomic mass is 16.5. The molecule has 0 spiro atoms. The molecule has 4 rings (SSSR count). The predicted octanol–water partition coefficient (Wildman–Crippen LogP) is 1.81. The average molecular weight is 423 g/mol. The maximum absolute atomic E-state index is 12.7. The molecule has 0 saturated heterocycles. The summed E-state index contributed by atoms with van der Waals surface area (Å²) in [7, 11) is 0. The Morgan fingerprint density at radius 2 is 1.94 bits per heavy atom. The van der Waals surface area contributed by atoms with Crippen LogP contribution >= 0.6 is 0 Å². The number of carbonyl (C=O) groups is 2. The van der Waals surface area contributed by atoms with Crippen molar-refractivity contribution < 1.29 is 19.2 Å². The third kappa shape index (κ3) is 4.56. The molecule has 0 bridgehead atoms. The molecule has 162 valence electrons. The first-order valence-corrected chi connectivity index (χ1v) is 10.3.